The van der Waals surface area contributed by atoms with Gasteiger partial charge in [-0.2, -0.15) is 0 Å². The lowest BCUT2D eigenvalue weighted by molar-refractivity contribution is 1.12. The number of thiocarbonyl (C=S) groups is 2. The first-order valence-electron chi connectivity index (χ1n) is 2.15. The van der Waals surface area contributed by atoms with Gasteiger partial charge < -0.3 is 5.32 Å². The van der Waals surface area contributed by atoms with Gasteiger partial charge in [-0.3, -0.25) is 0 Å². The summed E-state index contributed by atoms with van der Waals surface area (Å²) in [6.07, 6.45) is 1.71. The van der Waals surface area contributed by atoms with E-state index in [1.165, 1.54) is 0 Å². The fourth-order valence-corrected chi connectivity index (χ4v) is 0.684. The summed E-state index contributed by atoms with van der Waals surface area (Å²) in [6, 6.07) is 0. The van der Waals surface area contributed by atoms with Gasteiger partial charge in [-0.1, -0.05) is 24.4 Å². The van der Waals surface area contributed by atoms with Crippen molar-refractivity contribution in [1.82, 2.24) is 5.32 Å². The zero-order chi connectivity index (χ0) is 5.98. The molecular formula is C4H4N2S2. The van der Waals surface area contributed by atoms with Crippen LogP contribution in [-0.4, -0.2) is 22.7 Å². The second-order valence-corrected chi connectivity index (χ2v) is 2.12. The highest BCUT2D eigenvalue weighted by molar-refractivity contribution is 7.89. The Kier molecular flexibility index (Phi) is 1.65. The van der Waals surface area contributed by atoms with Crippen LogP contribution in [0.4, 0.5) is 0 Å². The van der Waals surface area contributed by atoms with Gasteiger partial charge in [0.1, 0.15) is 4.99 Å². The van der Waals surface area contributed by atoms with Crippen molar-refractivity contribution in [3.63, 3.8) is 0 Å². The molecule has 1 heterocycles. The largest absolute Gasteiger partial charge is 0.369 e. The van der Waals surface area contributed by atoms with Gasteiger partial charge in [0.05, 0.1) is 6.54 Å². The van der Waals surface area contributed by atoms with Gasteiger partial charge >= 0.3 is 0 Å². The summed E-state index contributed by atoms with van der Waals surface area (Å²) in [5, 5.41) is 2.87. The molecule has 4 heteroatoms. The zero-order valence-electron chi connectivity index (χ0n) is 4.05. The highest BCUT2D eigenvalue weighted by Crippen LogP contribution is 1.86. The number of nitrogens with one attached hydrogen (secondary N) is 1. The molecule has 0 atom stereocenters. The van der Waals surface area contributed by atoms with Crippen molar-refractivity contribution in [2.24, 2.45) is 4.99 Å². The molecule has 1 N–H and O–H groups in total. The number of nitrogens with zero attached hydrogens (tertiary/aromatic N) is 1. The normalized spacial score (nSPS) is 18.5. The van der Waals surface area contributed by atoms with Crippen LogP contribution in [0.3, 0.4) is 0 Å². The summed E-state index contributed by atoms with van der Waals surface area (Å²) in [4.78, 5) is 4.89. The van der Waals surface area contributed by atoms with Crippen LogP contribution in [0.15, 0.2) is 4.99 Å². The average Bonchev–Trinajstić information content (AvgIpc) is 1.77. The van der Waals surface area contributed by atoms with E-state index in [2.05, 4.69) is 10.3 Å². The van der Waals surface area contributed by atoms with E-state index in [-0.39, 0.29) is 0 Å². The van der Waals surface area contributed by atoms with Crippen LogP contribution in [0.2, 0.25) is 0 Å². The van der Waals surface area contributed by atoms with Crippen molar-refractivity contribution in [3.8, 4) is 0 Å². The molecular weight excluding hydrogens is 140 g/mol. The maximum absolute atomic E-state index is 4.76. The molecule has 0 fully saturated rings. The number of aliphatic imine (C=N–C) groups is 1. The van der Waals surface area contributed by atoms with Crippen molar-refractivity contribution in [2.45, 2.75) is 0 Å². The molecule has 0 radical (unpaired) electrons. The maximum Gasteiger partial charge on any atom is 0.160 e. The highest BCUT2D eigenvalue weighted by atomic mass is 32.1. The summed E-state index contributed by atoms with van der Waals surface area (Å²) >= 11 is 9.49. The van der Waals surface area contributed by atoms with E-state index in [9.17, 15) is 0 Å². The van der Waals surface area contributed by atoms with Crippen LogP contribution in [0.5, 0.6) is 0 Å². The fourth-order valence-electron chi connectivity index (χ4n) is 0.401. The Morgan fingerprint density at radius 2 is 2.38 bits per heavy atom. The standard InChI is InChI=1S/C4H4N2S2/c7-3-4(8)6-2-1-5-3/h1H,2H2,(H,6,8). The summed E-state index contributed by atoms with van der Waals surface area (Å²) < 4.78 is 0. The summed E-state index contributed by atoms with van der Waals surface area (Å²) in [5.74, 6) is 0. The third-order valence-electron chi connectivity index (χ3n) is 0.757. The monoisotopic (exact) mass is 144 g/mol. The molecule has 0 aromatic heterocycles. The van der Waals surface area contributed by atoms with Gasteiger partial charge in [0.15, 0.2) is 4.99 Å². The van der Waals surface area contributed by atoms with Gasteiger partial charge in [0.2, 0.25) is 0 Å². The minimum absolute atomic E-state index is 0.492. The van der Waals surface area contributed by atoms with E-state index in [0.717, 1.165) is 0 Å². The Labute approximate surface area is 58.0 Å². The Morgan fingerprint density at radius 1 is 1.62 bits per heavy atom. The summed E-state index contributed by atoms with van der Waals surface area (Å²) in [7, 11) is 0. The van der Waals surface area contributed by atoms with Crippen LogP contribution in [0.1, 0.15) is 0 Å². The van der Waals surface area contributed by atoms with Gasteiger partial charge in [0, 0.05) is 6.21 Å². The van der Waals surface area contributed by atoms with Gasteiger partial charge in [0.25, 0.3) is 0 Å². The Morgan fingerprint density at radius 3 is 2.75 bits per heavy atom. The second kappa shape index (κ2) is 2.28. The molecule has 0 spiro atoms. The van der Waals surface area contributed by atoms with Crippen molar-refractivity contribution in [2.75, 3.05) is 6.54 Å². The molecule has 0 aliphatic carbocycles. The first kappa shape index (κ1) is 5.78. The quantitative estimate of drug-likeness (QED) is 0.495. The Balaban J connectivity index is 2.75. The van der Waals surface area contributed by atoms with Gasteiger partial charge in [-0.15, -0.1) is 0 Å². The van der Waals surface area contributed by atoms with Crippen LogP contribution in [0, 0.1) is 0 Å². The first-order chi connectivity index (χ1) is 3.80. The van der Waals surface area contributed by atoms with Crippen LogP contribution in [-0.2, 0) is 0 Å². The predicted octanol–water partition coefficient (Wildman–Crippen LogP) is 0.315. The van der Waals surface area contributed by atoms with Crippen molar-refractivity contribution >= 4 is 40.6 Å². The van der Waals surface area contributed by atoms with E-state index >= 15 is 0 Å². The minimum Gasteiger partial charge on any atom is -0.369 e. The topological polar surface area (TPSA) is 24.4 Å². The predicted molar refractivity (Wildman–Crippen MR) is 41.7 cm³/mol. The van der Waals surface area contributed by atoms with Crippen molar-refractivity contribution in [1.29, 1.82) is 0 Å². The average molecular weight is 144 g/mol. The minimum atomic E-state index is 0.492. The molecule has 0 amide bonds. The Hall–Kier alpha value is -0.350. The number of hydrogen-bond acceptors (Lipinski definition) is 2. The third kappa shape index (κ3) is 1.08. The molecule has 42 valence electrons. The lowest BCUT2D eigenvalue weighted by Gasteiger charge is -2.06. The molecule has 8 heavy (non-hydrogen) atoms. The van der Waals surface area contributed by atoms with Gasteiger partial charge in [-0.05, 0) is 0 Å². The number of hydrogen-bond donors (Lipinski definition) is 1. The van der Waals surface area contributed by atoms with Crippen LogP contribution >= 0.6 is 24.4 Å². The summed E-state index contributed by atoms with van der Waals surface area (Å²) in [6.45, 7) is 0.707. The van der Waals surface area contributed by atoms with E-state index in [4.69, 9.17) is 24.4 Å². The molecule has 2 nitrogen and oxygen atoms in total. The SMILES string of the molecule is S=C1N=CCNC1=S. The molecule has 1 aliphatic rings. The van der Waals surface area contributed by atoms with Crippen LogP contribution in [0.25, 0.3) is 0 Å². The molecule has 0 saturated carbocycles. The smallest absolute Gasteiger partial charge is 0.160 e. The fraction of sp³-hybridized carbons (Fsp3) is 0.250. The number of rotatable bonds is 0. The lowest BCUT2D eigenvalue weighted by Crippen LogP contribution is -2.32. The molecule has 1 aliphatic heterocycles. The van der Waals surface area contributed by atoms with E-state index in [0.29, 0.717) is 16.5 Å². The second-order valence-electron chi connectivity index (χ2n) is 1.33. The van der Waals surface area contributed by atoms with E-state index in [1.54, 1.807) is 6.21 Å². The van der Waals surface area contributed by atoms with Crippen molar-refractivity contribution in [3.05, 3.63) is 0 Å². The molecule has 0 aromatic carbocycles. The zero-order valence-corrected chi connectivity index (χ0v) is 5.68. The molecule has 0 bridgehead atoms. The molecule has 0 unspecified atom stereocenters. The summed E-state index contributed by atoms with van der Waals surface area (Å²) in [5.41, 5.74) is 0. The van der Waals surface area contributed by atoms with Crippen molar-refractivity contribution < 1.29 is 0 Å². The maximum atomic E-state index is 4.76. The van der Waals surface area contributed by atoms with Gasteiger partial charge in [-0.25, -0.2) is 4.99 Å². The highest BCUT2D eigenvalue weighted by Gasteiger charge is 2.03. The van der Waals surface area contributed by atoms with E-state index < -0.39 is 0 Å². The third-order valence-corrected chi connectivity index (χ3v) is 1.53. The molecule has 0 saturated heterocycles. The van der Waals surface area contributed by atoms with Crippen LogP contribution < -0.4 is 5.32 Å². The molecule has 1 rings (SSSR count). The molecule has 0 aromatic rings. The lowest BCUT2D eigenvalue weighted by atomic mass is 10.5. The Bertz CT molecular complexity index is 161. The van der Waals surface area contributed by atoms with E-state index in [1.807, 2.05) is 0 Å². The first-order valence-corrected chi connectivity index (χ1v) is 2.97.